The Hall–Kier alpha value is -0.810. The maximum Gasteiger partial charge on any atom is 0.191 e. The molecular formula is C20H38N4O. The molecule has 0 amide bonds. The number of ether oxygens (including phenoxy) is 1. The Morgan fingerprint density at radius 2 is 1.84 bits per heavy atom. The van der Waals surface area contributed by atoms with E-state index >= 15 is 0 Å². The van der Waals surface area contributed by atoms with Crippen LogP contribution in [0, 0.1) is 5.92 Å². The maximum atomic E-state index is 6.06. The lowest BCUT2D eigenvalue weighted by Gasteiger charge is -2.17. The van der Waals surface area contributed by atoms with Crippen molar-refractivity contribution in [3.8, 4) is 0 Å². The van der Waals surface area contributed by atoms with Gasteiger partial charge in [-0.25, -0.2) is 0 Å². The Kier molecular flexibility index (Phi) is 7.86. The molecule has 1 aliphatic heterocycles. The summed E-state index contributed by atoms with van der Waals surface area (Å²) in [5, 5.41) is 6.82. The fourth-order valence-electron chi connectivity index (χ4n) is 4.15. The molecule has 3 fully saturated rings. The van der Waals surface area contributed by atoms with Crippen molar-refractivity contribution in [1.82, 2.24) is 15.5 Å². The molecule has 5 nitrogen and oxygen atoms in total. The number of hydrogen-bond acceptors (Lipinski definition) is 3. The van der Waals surface area contributed by atoms with Crippen LogP contribution in [-0.4, -0.2) is 62.3 Å². The first-order valence-electron chi connectivity index (χ1n) is 10.7. The fourth-order valence-corrected chi connectivity index (χ4v) is 4.15. The van der Waals surface area contributed by atoms with Gasteiger partial charge in [-0.15, -0.1) is 0 Å². The van der Waals surface area contributed by atoms with Gasteiger partial charge in [0.15, 0.2) is 5.96 Å². The van der Waals surface area contributed by atoms with Crippen LogP contribution in [0.15, 0.2) is 4.99 Å². The number of likely N-dealkylation sites (tertiary alicyclic amines) is 1. The Bertz CT molecular complexity index is 403. The molecule has 0 spiro atoms. The van der Waals surface area contributed by atoms with E-state index in [4.69, 9.17) is 9.73 Å². The summed E-state index contributed by atoms with van der Waals surface area (Å²) in [5.41, 5.74) is 0. The Labute approximate surface area is 154 Å². The smallest absolute Gasteiger partial charge is 0.191 e. The van der Waals surface area contributed by atoms with Gasteiger partial charge in [-0.1, -0.05) is 25.7 Å². The highest BCUT2D eigenvalue weighted by Crippen LogP contribution is 2.31. The molecule has 0 bridgehead atoms. The average Bonchev–Trinajstić information content (AvgIpc) is 3.41. The van der Waals surface area contributed by atoms with Crippen LogP contribution in [0.1, 0.15) is 64.7 Å². The molecule has 1 unspecified atom stereocenters. The van der Waals surface area contributed by atoms with Gasteiger partial charge in [-0.05, 0) is 51.5 Å². The van der Waals surface area contributed by atoms with Crippen molar-refractivity contribution in [2.24, 2.45) is 10.9 Å². The first-order valence-corrected chi connectivity index (χ1v) is 10.7. The standard InChI is InChI=1S/C20H38N4O/c1-2-21-20(22-12-14-25-19-7-5-3-4-6-8-19)23-15-17-11-13-24(16-17)18-9-10-18/h17-19H,2-16H2,1H3,(H2,21,22,23). The van der Waals surface area contributed by atoms with Crippen molar-refractivity contribution in [1.29, 1.82) is 0 Å². The van der Waals surface area contributed by atoms with Crippen LogP contribution >= 0.6 is 0 Å². The molecular weight excluding hydrogens is 312 g/mol. The average molecular weight is 351 g/mol. The molecule has 1 heterocycles. The second kappa shape index (κ2) is 10.4. The van der Waals surface area contributed by atoms with Gasteiger partial charge in [0.2, 0.25) is 0 Å². The van der Waals surface area contributed by atoms with Crippen LogP contribution in [0.4, 0.5) is 0 Å². The third kappa shape index (κ3) is 6.78. The normalized spacial score (nSPS) is 26.6. The molecule has 3 aliphatic rings. The first kappa shape index (κ1) is 19.0. The fraction of sp³-hybridized carbons (Fsp3) is 0.950. The van der Waals surface area contributed by atoms with Crippen LogP contribution < -0.4 is 10.6 Å². The molecule has 0 radical (unpaired) electrons. The summed E-state index contributed by atoms with van der Waals surface area (Å²) < 4.78 is 6.06. The number of nitrogens with one attached hydrogen (secondary N) is 2. The highest BCUT2D eigenvalue weighted by molar-refractivity contribution is 5.79. The molecule has 5 heteroatoms. The van der Waals surface area contributed by atoms with Crippen molar-refractivity contribution >= 4 is 5.96 Å². The monoisotopic (exact) mass is 350 g/mol. The van der Waals surface area contributed by atoms with Gasteiger partial charge in [-0.3, -0.25) is 4.99 Å². The van der Waals surface area contributed by atoms with Crippen molar-refractivity contribution in [2.75, 3.05) is 39.3 Å². The van der Waals surface area contributed by atoms with E-state index in [2.05, 4.69) is 22.5 Å². The summed E-state index contributed by atoms with van der Waals surface area (Å²) in [6, 6.07) is 0.904. The molecule has 2 aliphatic carbocycles. The third-order valence-corrected chi connectivity index (χ3v) is 5.78. The van der Waals surface area contributed by atoms with E-state index < -0.39 is 0 Å². The molecule has 1 atom stereocenters. The van der Waals surface area contributed by atoms with Crippen molar-refractivity contribution in [3.05, 3.63) is 0 Å². The van der Waals surface area contributed by atoms with Crippen LogP contribution in [0.2, 0.25) is 0 Å². The zero-order valence-electron chi connectivity index (χ0n) is 16.1. The summed E-state index contributed by atoms with van der Waals surface area (Å²) in [7, 11) is 0. The lowest BCUT2D eigenvalue weighted by atomic mass is 10.1. The third-order valence-electron chi connectivity index (χ3n) is 5.78. The van der Waals surface area contributed by atoms with Crippen LogP contribution in [0.5, 0.6) is 0 Å². The quantitative estimate of drug-likeness (QED) is 0.306. The van der Waals surface area contributed by atoms with E-state index in [-0.39, 0.29) is 0 Å². The van der Waals surface area contributed by atoms with Gasteiger partial charge in [0.25, 0.3) is 0 Å². The minimum atomic E-state index is 0.482. The lowest BCUT2D eigenvalue weighted by Crippen LogP contribution is -2.39. The molecule has 2 N–H and O–H groups in total. The number of hydrogen-bond donors (Lipinski definition) is 2. The van der Waals surface area contributed by atoms with Gasteiger partial charge >= 0.3 is 0 Å². The summed E-state index contributed by atoms with van der Waals surface area (Å²) >= 11 is 0. The van der Waals surface area contributed by atoms with E-state index in [1.807, 2.05) is 0 Å². The molecule has 3 rings (SSSR count). The van der Waals surface area contributed by atoms with Crippen LogP contribution in [-0.2, 0) is 4.74 Å². The first-order chi connectivity index (χ1) is 12.3. The Morgan fingerprint density at radius 1 is 1.04 bits per heavy atom. The summed E-state index contributed by atoms with van der Waals surface area (Å²) in [5.74, 6) is 1.69. The number of guanidine groups is 1. The molecule has 144 valence electrons. The van der Waals surface area contributed by atoms with Crippen LogP contribution in [0.3, 0.4) is 0 Å². The van der Waals surface area contributed by atoms with Crippen molar-refractivity contribution in [2.45, 2.75) is 76.9 Å². The molecule has 2 saturated carbocycles. The van der Waals surface area contributed by atoms with E-state index in [1.54, 1.807) is 0 Å². The molecule has 1 saturated heterocycles. The van der Waals surface area contributed by atoms with E-state index in [9.17, 15) is 0 Å². The minimum absolute atomic E-state index is 0.482. The van der Waals surface area contributed by atoms with E-state index in [0.29, 0.717) is 6.10 Å². The Balaban J connectivity index is 1.32. The van der Waals surface area contributed by atoms with E-state index in [0.717, 1.165) is 44.2 Å². The topological polar surface area (TPSA) is 48.9 Å². The summed E-state index contributed by atoms with van der Waals surface area (Å²) in [6.07, 6.45) is 12.6. The van der Waals surface area contributed by atoms with Crippen molar-refractivity contribution in [3.63, 3.8) is 0 Å². The number of nitrogens with zero attached hydrogens (tertiary/aromatic N) is 2. The number of rotatable bonds is 8. The lowest BCUT2D eigenvalue weighted by molar-refractivity contribution is 0.0468. The van der Waals surface area contributed by atoms with Gasteiger partial charge in [0.1, 0.15) is 0 Å². The second-order valence-electron chi connectivity index (χ2n) is 8.01. The molecule has 0 aromatic rings. The molecule has 0 aromatic carbocycles. The van der Waals surface area contributed by atoms with Gasteiger partial charge < -0.3 is 20.3 Å². The van der Waals surface area contributed by atoms with Gasteiger partial charge in [0, 0.05) is 32.2 Å². The zero-order chi connectivity index (χ0) is 17.3. The summed E-state index contributed by atoms with van der Waals surface area (Å²) in [4.78, 5) is 7.49. The minimum Gasteiger partial charge on any atom is -0.376 e. The highest BCUT2D eigenvalue weighted by Gasteiger charge is 2.34. The summed E-state index contributed by atoms with van der Waals surface area (Å²) in [6.45, 7) is 8.15. The molecule has 0 aromatic heterocycles. The van der Waals surface area contributed by atoms with Crippen LogP contribution in [0.25, 0.3) is 0 Å². The maximum absolute atomic E-state index is 6.06. The Morgan fingerprint density at radius 3 is 2.56 bits per heavy atom. The van der Waals surface area contributed by atoms with Gasteiger partial charge in [-0.2, -0.15) is 0 Å². The molecule has 25 heavy (non-hydrogen) atoms. The second-order valence-corrected chi connectivity index (χ2v) is 8.01. The SMILES string of the molecule is CCNC(=NCC1CCN(C2CC2)C1)NCCOC1CCCCCC1. The highest BCUT2D eigenvalue weighted by atomic mass is 16.5. The number of aliphatic imine (C=N–C) groups is 1. The van der Waals surface area contributed by atoms with Gasteiger partial charge in [0.05, 0.1) is 12.7 Å². The predicted octanol–water partition coefficient (Wildman–Crippen LogP) is 2.77. The zero-order valence-corrected chi connectivity index (χ0v) is 16.1. The van der Waals surface area contributed by atoms with E-state index in [1.165, 1.54) is 70.9 Å². The largest absolute Gasteiger partial charge is 0.376 e. The van der Waals surface area contributed by atoms with Crippen molar-refractivity contribution < 1.29 is 4.74 Å². The predicted molar refractivity (Wildman–Crippen MR) is 104 cm³/mol.